The van der Waals surface area contributed by atoms with Gasteiger partial charge in [0.05, 0.1) is 0 Å². The maximum atomic E-state index is 2.58. The van der Waals surface area contributed by atoms with Crippen LogP contribution in [0.5, 0.6) is 0 Å². The van der Waals surface area contributed by atoms with Crippen molar-refractivity contribution in [1.29, 1.82) is 0 Å². The van der Waals surface area contributed by atoms with Crippen molar-refractivity contribution in [2.75, 3.05) is 9.80 Å². The molecule has 0 N–H and O–H groups in total. The number of anilines is 6. The molecule has 4 aliphatic carbocycles. The topological polar surface area (TPSA) is 6.48 Å². The maximum absolute atomic E-state index is 2.58. The molecule has 2 heterocycles. The van der Waals surface area contributed by atoms with E-state index in [1.807, 2.05) is 0 Å². The second-order valence-corrected chi connectivity index (χ2v) is 32.6. The molecule has 0 amide bonds. The lowest BCUT2D eigenvalue weighted by Gasteiger charge is -2.30. The first-order chi connectivity index (χ1) is 36.1. The number of rotatable bonds is 8. The van der Waals surface area contributed by atoms with Crippen molar-refractivity contribution in [2.45, 2.75) is 129 Å². The smallest absolute Gasteiger partial charge is 0.113 e. The molecule has 0 saturated heterocycles. The molecular formula is C70H70N2Si2. The quantitative estimate of drug-likeness (QED) is 0.111. The minimum absolute atomic E-state index is 1.19. The molecule has 0 atom stereocenters. The van der Waals surface area contributed by atoms with E-state index in [1.54, 1.807) is 43.0 Å². The molecule has 8 aromatic carbocycles. The summed E-state index contributed by atoms with van der Waals surface area (Å²) >= 11 is 0. The zero-order chi connectivity index (χ0) is 49.7. The zero-order valence-corrected chi connectivity index (χ0v) is 46.2. The summed E-state index contributed by atoms with van der Waals surface area (Å²) in [5, 5.41) is 6.20. The van der Waals surface area contributed by atoms with Crippen LogP contribution in [0.15, 0.2) is 146 Å². The second kappa shape index (κ2) is 18.1. The Labute approximate surface area is 442 Å². The minimum atomic E-state index is -2.04. The number of fused-ring (bicyclic) bond motifs is 10. The van der Waals surface area contributed by atoms with E-state index in [2.05, 4.69) is 194 Å². The molecule has 74 heavy (non-hydrogen) atoms. The van der Waals surface area contributed by atoms with Gasteiger partial charge in [-0.1, -0.05) is 111 Å². The summed E-state index contributed by atoms with van der Waals surface area (Å²) in [4.78, 5) is 5.15. The van der Waals surface area contributed by atoms with Gasteiger partial charge in [-0.15, -0.1) is 0 Å². The highest BCUT2D eigenvalue weighted by Gasteiger charge is 2.40. The molecule has 6 aliphatic rings. The van der Waals surface area contributed by atoms with Crippen LogP contribution in [0.1, 0.15) is 107 Å². The fourth-order valence-corrected chi connectivity index (χ4v) is 20.7. The summed E-state index contributed by atoms with van der Waals surface area (Å²) in [6.07, 6.45) is 24.7. The SMILES string of the molecule is C[Si]1(C)c2cc(/C=C/c3ccc4c(c3)[Si](C)(C)c3cc(N(c5ccc6c(c5)CCCC6)c5ccc6c(c5)CCCC6)ccc3-4)ccc2-c2ccc(N(c3ccc4c(c3)CCCC4)c3ccc4c(c3)CCCC4)cc21. The summed E-state index contributed by atoms with van der Waals surface area (Å²) < 4.78 is 0. The van der Waals surface area contributed by atoms with E-state index < -0.39 is 16.1 Å². The Morgan fingerprint density at radius 2 is 0.514 bits per heavy atom. The highest BCUT2D eigenvalue weighted by atomic mass is 28.3. The molecule has 14 rings (SSSR count). The lowest BCUT2D eigenvalue weighted by Crippen LogP contribution is -2.49. The van der Waals surface area contributed by atoms with Crippen molar-refractivity contribution in [3.05, 3.63) is 201 Å². The van der Waals surface area contributed by atoms with E-state index >= 15 is 0 Å². The molecule has 0 radical (unpaired) electrons. The van der Waals surface area contributed by atoms with Gasteiger partial charge in [0.15, 0.2) is 0 Å². The Bertz CT molecular complexity index is 3260. The van der Waals surface area contributed by atoms with Gasteiger partial charge < -0.3 is 9.80 Å². The first-order valence-corrected chi connectivity index (χ1v) is 34.5. The third kappa shape index (κ3) is 7.84. The number of hydrogen-bond acceptors (Lipinski definition) is 2. The lowest BCUT2D eigenvalue weighted by atomic mass is 9.90. The molecule has 0 saturated carbocycles. The molecule has 0 aromatic heterocycles. The second-order valence-electron chi connectivity index (χ2n) is 24.0. The largest absolute Gasteiger partial charge is 0.310 e. The molecule has 2 nitrogen and oxygen atoms in total. The zero-order valence-electron chi connectivity index (χ0n) is 44.2. The predicted octanol–water partition coefficient (Wildman–Crippen LogP) is 15.9. The van der Waals surface area contributed by atoms with Crippen molar-refractivity contribution in [2.24, 2.45) is 0 Å². The molecule has 0 fully saturated rings. The van der Waals surface area contributed by atoms with E-state index in [0.29, 0.717) is 0 Å². The molecular weight excluding hydrogens is 925 g/mol. The van der Waals surface area contributed by atoms with Crippen molar-refractivity contribution in [3.8, 4) is 22.3 Å². The Morgan fingerprint density at radius 3 is 0.824 bits per heavy atom. The Balaban J connectivity index is 0.760. The summed E-state index contributed by atoms with van der Waals surface area (Å²) in [5.41, 5.74) is 28.3. The van der Waals surface area contributed by atoms with Crippen LogP contribution >= 0.6 is 0 Å². The first-order valence-electron chi connectivity index (χ1n) is 28.5. The average molecular weight is 996 g/mol. The molecule has 368 valence electrons. The van der Waals surface area contributed by atoms with E-state index in [0.717, 1.165) is 0 Å². The van der Waals surface area contributed by atoms with Crippen LogP contribution in [0.2, 0.25) is 26.2 Å². The van der Waals surface area contributed by atoms with Crippen LogP contribution in [-0.4, -0.2) is 16.1 Å². The van der Waals surface area contributed by atoms with E-state index in [9.17, 15) is 0 Å². The van der Waals surface area contributed by atoms with Gasteiger partial charge in [0.1, 0.15) is 16.1 Å². The first kappa shape index (κ1) is 46.1. The summed E-state index contributed by atoms with van der Waals surface area (Å²) in [7, 11) is -4.09. The van der Waals surface area contributed by atoms with Crippen molar-refractivity contribution in [1.82, 2.24) is 0 Å². The highest BCUT2D eigenvalue weighted by molar-refractivity contribution is 7.04. The Hall–Kier alpha value is -6.47. The maximum Gasteiger partial charge on any atom is 0.113 e. The summed E-state index contributed by atoms with van der Waals surface area (Å²) in [6.45, 7) is 10.3. The lowest BCUT2D eigenvalue weighted by molar-refractivity contribution is 0.685. The molecule has 4 heteroatoms. The van der Waals surface area contributed by atoms with Crippen molar-refractivity contribution >= 4 is 83.2 Å². The van der Waals surface area contributed by atoms with Gasteiger partial charge in [0, 0.05) is 34.1 Å². The number of aryl methyl sites for hydroxylation is 8. The molecule has 2 aliphatic heterocycles. The summed E-state index contributed by atoms with van der Waals surface area (Å²) in [5.74, 6) is 0. The number of nitrogens with zero attached hydrogens (tertiary/aromatic N) is 2. The van der Waals surface area contributed by atoms with E-state index in [-0.39, 0.29) is 0 Å². The monoisotopic (exact) mass is 995 g/mol. The third-order valence-electron chi connectivity index (χ3n) is 18.7. The van der Waals surface area contributed by atoms with E-state index in [1.165, 1.54) is 192 Å². The minimum Gasteiger partial charge on any atom is -0.310 e. The third-order valence-corrected chi connectivity index (χ3v) is 25.8. The Morgan fingerprint density at radius 1 is 0.270 bits per heavy atom. The van der Waals surface area contributed by atoms with Crippen molar-refractivity contribution < 1.29 is 0 Å². The van der Waals surface area contributed by atoms with Gasteiger partial charge in [0.25, 0.3) is 0 Å². The molecule has 0 spiro atoms. The average Bonchev–Trinajstić information content (AvgIpc) is 3.83. The normalized spacial score (nSPS) is 17.3. The van der Waals surface area contributed by atoms with Crippen LogP contribution in [0.3, 0.4) is 0 Å². The van der Waals surface area contributed by atoms with Crippen LogP contribution < -0.4 is 30.5 Å². The molecule has 8 aromatic rings. The predicted molar refractivity (Wildman–Crippen MR) is 322 cm³/mol. The van der Waals surface area contributed by atoms with Crippen molar-refractivity contribution in [3.63, 3.8) is 0 Å². The summed E-state index contributed by atoms with van der Waals surface area (Å²) in [6, 6.07) is 58.8. The van der Waals surface area contributed by atoms with Gasteiger partial charge in [-0.05, 0) is 274 Å². The fourth-order valence-electron chi connectivity index (χ4n) is 14.5. The standard InChI is InChI=1S/C70H70N2Si2/c1-73(2)67-39-47(23-35-63(67)65-37-33-61(45-69(65)73)71(57-29-25-49-13-5-9-17-53(49)41-57)58-30-26-50-14-6-10-18-54(50)42-58)21-22-48-24-36-64-66-38-34-62(46-70(66)74(3,4)68(64)40-48)72(59-31-27-51-15-7-11-19-55(51)43-59)60-32-28-52-16-8-12-20-56(52)44-60/h21-46H,5-20H2,1-4H3/b22-21+. The van der Waals surface area contributed by atoms with Crippen LogP contribution in [0.25, 0.3) is 34.4 Å². The van der Waals surface area contributed by atoms with Crippen LogP contribution in [-0.2, 0) is 51.4 Å². The molecule has 0 unspecified atom stereocenters. The van der Waals surface area contributed by atoms with E-state index in [4.69, 9.17) is 0 Å². The fraction of sp³-hybridized carbons (Fsp3) is 0.286. The van der Waals surface area contributed by atoms with Gasteiger partial charge in [-0.25, -0.2) is 0 Å². The Kier molecular flexibility index (Phi) is 11.3. The molecule has 0 bridgehead atoms. The van der Waals surface area contributed by atoms with Crippen LogP contribution in [0.4, 0.5) is 34.1 Å². The van der Waals surface area contributed by atoms with Crippen LogP contribution in [0, 0.1) is 0 Å². The van der Waals surface area contributed by atoms with Gasteiger partial charge >= 0.3 is 0 Å². The van der Waals surface area contributed by atoms with Gasteiger partial charge in [-0.2, -0.15) is 0 Å². The highest BCUT2D eigenvalue weighted by Crippen LogP contribution is 2.43. The number of hydrogen-bond donors (Lipinski definition) is 0. The van der Waals surface area contributed by atoms with Gasteiger partial charge in [0.2, 0.25) is 0 Å². The number of benzene rings is 8. The van der Waals surface area contributed by atoms with Gasteiger partial charge in [-0.3, -0.25) is 0 Å².